The van der Waals surface area contributed by atoms with Gasteiger partial charge in [-0.2, -0.15) is 23.8 Å². The van der Waals surface area contributed by atoms with Crippen LogP contribution in [-0.2, 0) is 25.8 Å². The molecular weight excluding hydrogens is 443 g/mol. The van der Waals surface area contributed by atoms with Crippen LogP contribution < -0.4 is 0 Å². The molecule has 0 saturated heterocycles. The minimum Gasteiger partial charge on any atom is -0.358 e. The van der Waals surface area contributed by atoms with Crippen molar-refractivity contribution in [2.75, 3.05) is 0 Å². The fraction of sp³-hybridized carbons (Fsp3) is 0.182. The Morgan fingerprint density at radius 1 is 0.913 bits per heavy atom. The van der Waals surface area contributed by atoms with Crippen LogP contribution in [0.15, 0.2) is 54.6 Å². The van der Waals surface area contributed by atoms with Crippen molar-refractivity contribution in [1.82, 2.24) is 0 Å². The first kappa shape index (κ1) is 33.7. The average molecular weight is 476 g/mol. The Labute approximate surface area is 166 Å². The molecule has 1 aliphatic carbocycles. The van der Waals surface area contributed by atoms with Crippen LogP contribution in [0.4, 0.5) is 0 Å². The second-order valence-electron chi connectivity index (χ2n) is 4.24. The van der Waals surface area contributed by atoms with Crippen molar-refractivity contribution in [1.29, 1.82) is 0 Å². The molecule has 1 atom stereocenters. The van der Waals surface area contributed by atoms with Gasteiger partial charge in [-0.05, 0) is 0 Å². The van der Waals surface area contributed by atoms with Gasteiger partial charge in [0.25, 0.3) is 0 Å². The molecule has 0 amide bonds. The molecule has 0 fully saturated rings. The minimum atomic E-state index is 0. The Balaban J connectivity index is -0.0000000876. The van der Waals surface area contributed by atoms with Gasteiger partial charge in [-0.25, -0.2) is 18.2 Å². The number of hydrogen-bond donors (Lipinski definition) is 0. The predicted octanol–water partition coefficient (Wildman–Crippen LogP) is 7.05. The summed E-state index contributed by atoms with van der Waals surface area (Å²) >= 11 is 0. The molecule has 0 saturated carbocycles. The van der Waals surface area contributed by atoms with Crippen LogP contribution in [0.2, 0.25) is 0 Å². The van der Waals surface area contributed by atoms with E-state index in [4.69, 9.17) is 0 Å². The molecule has 0 heterocycles. The molecule has 0 spiro atoms. The number of allylic oxidation sites excluding steroid dienone is 1. The van der Waals surface area contributed by atoms with Gasteiger partial charge in [-0.3, -0.25) is 6.08 Å². The maximum absolute atomic E-state index is 3.40. The summed E-state index contributed by atoms with van der Waals surface area (Å²) in [5.41, 5.74) is 2.82. The number of benzene rings is 1. The van der Waals surface area contributed by atoms with E-state index in [1.54, 1.807) is 0 Å². The van der Waals surface area contributed by atoms with Crippen LogP contribution in [0, 0.1) is 43.2 Å². The van der Waals surface area contributed by atoms with Crippen LogP contribution in [-0.4, -0.2) is 0 Å². The van der Waals surface area contributed by atoms with Crippen LogP contribution in [0.1, 0.15) is 36.8 Å². The van der Waals surface area contributed by atoms with Gasteiger partial charge in [-0.15, -0.1) is 11.6 Å². The molecule has 0 aromatic heterocycles. The van der Waals surface area contributed by atoms with E-state index in [1.807, 2.05) is 30.3 Å². The second-order valence-corrected chi connectivity index (χ2v) is 4.24. The molecule has 23 heavy (non-hydrogen) atoms. The van der Waals surface area contributed by atoms with E-state index in [0.717, 1.165) is 0 Å². The van der Waals surface area contributed by atoms with Crippen LogP contribution in [0.25, 0.3) is 6.08 Å². The molecule has 2 aromatic carbocycles. The topological polar surface area (TPSA) is 0 Å². The summed E-state index contributed by atoms with van der Waals surface area (Å²) in [6.07, 6.45) is 7.98. The zero-order valence-electron chi connectivity index (χ0n) is 15.8. The van der Waals surface area contributed by atoms with Crippen molar-refractivity contribution in [3.8, 4) is 0 Å². The third-order valence-electron chi connectivity index (χ3n) is 2.94. The van der Waals surface area contributed by atoms with Crippen molar-refractivity contribution in [3.63, 3.8) is 0 Å². The van der Waals surface area contributed by atoms with Crippen molar-refractivity contribution < 1.29 is 25.8 Å². The molecule has 3 rings (SSSR count). The fourth-order valence-electron chi connectivity index (χ4n) is 2.09. The molecule has 1 heteroatoms. The maximum atomic E-state index is 3.40. The average Bonchev–Trinajstić information content (AvgIpc) is 3.02. The fourth-order valence-corrected chi connectivity index (χ4v) is 2.09. The SMILES string of the molecule is CCCC1[C-]=Cc2ccccc21.[CH3-].[CH3-].[CH3-].[CH3-].[CH3-].[Hf].c1cc[cH-]c1. The van der Waals surface area contributed by atoms with Gasteiger partial charge in [0.2, 0.25) is 0 Å². The smallest absolute Gasteiger partial charge is 0 e. The molecule has 132 valence electrons. The molecule has 0 bridgehead atoms. The summed E-state index contributed by atoms with van der Waals surface area (Å²) in [7, 11) is 0. The molecule has 1 aliphatic rings. The maximum Gasteiger partial charge on any atom is 0 e. The third kappa shape index (κ3) is 10.5. The van der Waals surface area contributed by atoms with Gasteiger partial charge in [-0.1, -0.05) is 43.9 Å². The van der Waals surface area contributed by atoms with Gasteiger partial charge in [0.05, 0.1) is 0 Å². The monoisotopic (exact) mass is 477 g/mol. The third-order valence-corrected chi connectivity index (χ3v) is 2.94. The van der Waals surface area contributed by atoms with Crippen LogP contribution in [0.5, 0.6) is 0 Å². The molecule has 1 unspecified atom stereocenters. The van der Waals surface area contributed by atoms with Gasteiger partial charge < -0.3 is 37.1 Å². The summed E-state index contributed by atoms with van der Waals surface area (Å²) < 4.78 is 0. The van der Waals surface area contributed by atoms with Gasteiger partial charge in [0, 0.05) is 25.8 Å². The minimum absolute atomic E-state index is 0. The molecule has 2 aromatic rings. The van der Waals surface area contributed by atoms with E-state index in [0.29, 0.717) is 5.92 Å². The summed E-state index contributed by atoms with van der Waals surface area (Å²) in [5, 5.41) is 0. The van der Waals surface area contributed by atoms with E-state index in [2.05, 4.69) is 43.3 Å². The molecule has 0 aliphatic heterocycles. The molecule has 0 radical (unpaired) electrons. The van der Waals surface area contributed by atoms with Crippen molar-refractivity contribution in [3.05, 3.63) is 109 Å². The van der Waals surface area contributed by atoms with Crippen LogP contribution in [0.3, 0.4) is 0 Å². The Morgan fingerprint density at radius 3 is 1.96 bits per heavy atom. The number of hydrogen-bond acceptors (Lipinski definition) is 0. The van der Waals surface area contributed by atoms with E-state index in [1.165, 1.54) is 24.0 Å². The van der Waals surface area contributed by atoms with E-state index < -0.39 is 0 Å². The summed E-state index contributed by atoms with van der Waals surface area (Å²) in [4.78, 5) is 0. The first-order valence-electron chi connectivity index (χ1n) is 6.26. The standard InChI is InChI=1S/C12H13.C5H5.5CH3.Hf/c1-2-5-10-8-9-11-6-3-4-7-12(10)11;1-2-4-5-3-1;;;;;;/h3-4,6-7,9-10H,2,5H2,1H3;1-5H;5*1H3;/q7*-1;. The predicted molar refractivity (Wildman–Crippen MR) is 106 cm³/mol. The Hall–Kier alpha value is -0.820. The Bertz CT molecular complexity index is 437. The first-order chi connectivity index (χ1) is 8.42. The largest absolute Gasteiger partial charge is 0.358 e. The number of fused-ring (bicyclic) bond motifs is 1. The first-order valence-corrected chi connectivity index (χ1v) is 6.26. The van der Waals surface area contributed by atoms with Crippen molar-refractivity contribution in [2.24, 2.45) is 0 Å². The van der Waals surface area contributed by atoms with E-state index in [-0.39, 0.29) is 63.0 Å². The quantitative estimate of drug-likeness (QED) is 0.322. The summed E-state index contributed by atoms with van der Waals surface area (Å²) in [6.45, 7) is 2.22. The summed E-state index contributed by atoms with van der Waals surface area (Å²) in [6, 6.07) is 18.6. The second kappa shape index (κ2) is 19.2. The van der Waals surface area contributed by atoms with E-state index in [9.17, 15) is 0 Å². The Kier molecular flexibility index (Phi) is 28.2. The van der Waals surface area contributed by atoms with Gasteiger partial charge in [0.15, 0.2) is 0 Å². The summed E-state index contributed by atoms with van der Waals surface area (Å²) in [5.74, 6) is 0.561. The van der Waals surface area contributed by atoms with Gasteiger partial charge >= 0.3 is 0 Å². The van der Waals surface area contributed by atoms with Crippen molar-refractivity contribution >= 4 is 6.08 Å². The molecule has 0 nitrogen and oxygen atoms in total. The molecular formula is C22H33Hf-7. The van der Waals surface area contributed by atoms with Gasteiger partial charge in [0.1, 0.15) is 0 Å². The number of rotatable bonds is 2. The molecule has 0 N–H and O–H groups in total. The zero-order chi connectivity index (χ0) is 11.9. The van der Waals surface area contributed by atoms with E-state index >= 15 is 0 Å². The van der Waals surface area contributed by atoms with Crippen molar-refractivity contribution in [2.45, 2.75) is 25.7 Å². The zero-order valence-corrected chi connectivity index (χ0v) is 19.4. The van der Waals surface area contributed by atoms with Crippen LogP contribution >= 0.6 is 0 Å². The normalized spacial score (nSPS) is 12.0. The Morgan fingerprint density at radius 2 is 1.48 bits per heavy atom.